The lowest BCUT2D eigenvalue weighted by Crippen LogP contribution is -2.21. The topological polar surface area (TPSA) is 54.4 Å². The van der Waals surface area contributed by atoms with Gasteiger partial charge in [0.25, 0.3) is 0 Å². The summed E-state index contributed by atoms with van der Waals surface area (Å²) in [5, 5.41) is 14.6. The van der Waals surface area contributed by atoms with Crippen molar-refractivity contribution in [1.29, 1.82) is 0 Å². The van der Waals surface area contributed by atoms with Crippen LogP contribution in [-0.2, 0) is 6.54 Å². The Kier molecular flexibility index (Phi) is 4.21. The molecule has 0 radical (unpaired) electrons. The monoisotopic (exact) mass is 313 g/mol. The van der Waals surface area contributed by atoms with Crippen molar-refractivity contribution in [3.05, 3.63) is 40.5 Å². The number of furan rings is 1. The molecule has 0 amide bonds. The SMILES string of the molecule is CN(C)CCn1ncc(Br)c1C(O)c1ccoc1. The van der Waals surface area contributed by atoms with Gasteiger partial charge in [0.1, 0.15) is 6.10 Å². The van der Waals surface area contributed by atoms with Crippen molar-refractivity contribution in [1.82, 2.24) is 14.7 Å². The third kappa shape index (κ3) is 2.82. The van der Waals surface area contributed by atoms with Crippen LogP contribution in [0.4, 0.5) is 0 Å². The summed E-state index contributed by atoms with van der Waals surface area (Å²) >= 11 is 3.42. The van der Waals surface area contributed by atoms with E-state index in [-0.39, 0.29) is 0 Å². The van der Waals surface area contributed by atoms with Gasteiger partial charge in [-0.1, -0.05) is 0 Å². The van der Waals surface area contributed by atoms with Gasteiger partial charge in [0.05, 0.1) is 35.4 Å². The van der Waals surface area contributed by atoms with E-state index in [1.165, 1.54) is 0 Å². The smallest absolute Gasteiger partial charge is 0.125 e. The second kappa shape index (κ2) is 5.69. The van der Waals surface area contributed by atoms with E-state index in [0.717, 1.165) is 28.8 Å². The summed E-state index contributed by atoms with van der Waals surface area (Å²) in [6.07, 6.45) is 4.06. The predicted molar refractivity (Wildman–Crippen MR) is 71.3 cm³/mol. The molecule has 2 rings (SSSR count). The van der Waals surface area contributed by atoms with Gasteiger partial charge in [-0.25, -0.2) is 0 Å². The molecule has 2 aromatic rings. The van der Waals surface area contributed by atoms with Gasteiger partial charge in [0.15, 0.2) is 0 Å². The highest BCUT2D eigenvalue weighted by atomic mass is 79.9. The Labute approximate surface area is 114 Å². The number of rotatable bonds is 5. The number of aromatic nitrogens is 2. The highest BCUT2D eigenvalue weighted by Crippen LogP contribution is 2.28. The zero-order valence-corrected chi connectivity index (χ0v) is 12.0. The summed E-state index contributed by atoms with van der Waals surface area (Å²) < 4.78 is 7.61. The molecule has 1 atom stereocenters. The minimum Gasteiger partial charge on any atom is -0.472 e. The molecule has 0 aromatic carbocycles. The third-order valence-corrected chi connectivity index (χ3v) is 3.32. The van der Waals surface area contributed by atoms with Crippen LogP contribution in [0.25, 0.3) is 0 Å². The van der Waals surface area contributed by atoms with Crippen LogP contribution in [0.2, 0.25) is 0 Å². The highest BCUT2D eigenvalue weighted by Gasteiger charge is 2.20. The highest BCUT2D eigenvalue weighted by molar-refractivity contribution is 9.10. The van der Waals surface area contributed by atoms with Crippen LogP contribution >= 0.6 is 15.9 Å². The van der Waals surface area contributed by atoms with Crippen molar-refractivity contribution in [2.75, 3.05) is 20.6 Å². The Morgan fingerprint density at radius 2 is 2.33 bits per heavy atom. The number of likely N-dealkylation sites (N-methyl/N-ethyl adjacent to an activating group) is 1. The average Bonchev–Trinajstić information content (AvgIpc) is 2.94. The first kappa shape index (κ1) is 13.3. The van der Waals surface area contributed by atoms with E-state index in [4.69, 9.17) is 4.42 Å². The molecule has 2 heterocycles. The maximum absolute atomic E-state index is 10.3. The van der Waals surface area contributed by atoms with Crippen molar-refractivity contribution in [2.24, 2.45) is 0 Å². The van der Waals surface area contributed by atoms with Crippen LogP contribution in [0.15, 0.2) is 33.7 Å². The first-order valence-corrected chi connectivity index (χ1v) is 6.45. The summed E-state index contributed by atoms with van der Waals surface area (Å²) in [5.74, 6) is 0. The van der Waals surface area contributed by atoms with E-state index >= 15 is 0 Å². The molecule has 0 spiro atoms. The second-order valence-corrected chi connectivity index (χ2v) is 5.22. The van der Waals surface area contributed by atoms with Crippen molar-refractivity contribution in [3.63, 3.8) is 0 Å². The minimum absolute atomic E-state index is 0.724. The zero-order valence-electron chi connectivity index (χ0n) is 10.4. The third-order valence-electron chi connectivity index (χ3n) is 2.71. The van der Waals surface area contributed by atoms with Gasteiger partial charge in [-0.3, -0.25) is 4.68 Å². The first-order chi connectivity index (χ1) is 8.59. The maximum Gasteiger partial charge on any atom is 0.125 e. The van der Waals surface area contributed by atoms with Crippen molar-refractivity contribution in [3.8, 4) is 0 Å². The molecule has 0 aliphatic carbocycles. The summed E-state index contributed by atoms with van der Waals surface area (Å²) in [4.78, 5) is 2.07. The molecule has 1 N–H and O–H groups in total. The maximum atomic E-state index is 10.3. The lowest BCUT2D eigenvalue weighted by atomic mass is 10.1. The van der Waals surface area contributed by atoms with Gasteiger partial charge in [0, 0.05) is 12.1 Å². The van der Waals surface area contributed by atoms with Crippen LogP contribution in [0.3, 0.4) is 0 Å². The Morgan fingerprint density at radius 3 is 2.94 bits per heavy atom. The molecule has 18 heavy (non-hydrogen) atoms. The lowest BCUT2D eigenvalue weighted by molar-refractivity contribution is 0.204. The fraction of sp³-hybridized carbons (Fsp3) is 0.417. The van der Waals surface area contributed by atoms with E-state index in [1.807, 2.05) is 18.8 Å². The first-order valence-electron chi connectivity index (χ1n) is 5.65. The Balaban J connectivity index is 2.23. The normalized spacial score (nSPS) is 13.2. The van der Waals surface area contributed by atoms with Crippen LogP contribution in [0, 0.1) is 0 Å². The van der Waals surface area contributed by atoms with E-state index in [9.17, 15) is 5.11 Å². The van der Waals surface area contributed by atoms with Gasteiger partial charge >= 0.3 is 0 Å². The predicted octanol–water partition coefficient (Wildman–Crippen LogP) is 1.88. The Morgan fingerprint density at radius 1 is 1.56 bits per heavy atom. The van der Waals surface area contributed by atoms with Crippen molar-refractivity contribution >= 4 is 15.9 Å². The van der Waals surface area contributed by atoms with Gasteiger partial charge < -0.3 is 14.4 Å². The van der Waals surface area contributed by atoms with Crippen molar-refractivity contribution in [2.45, 2.75) is 12.6 Å². The molecule has 0 aliphatic heterocycles. The molecule has 0 saturated heterocycles. The lowest BCUT2D eigenvalue weighted by Gasteiger charge is -2.15. The number of hydrogen-bond donors (Lipinski definition) is 1. The molecule has 6 heteroatoms. The van der Waals surface area contributed by atoms with E-state index in [0.29, 0.717) is 0 Å². The summed E-state index contributed by atoms with van der Waals surface area (Å²) in [6.45, 7) is 1.59. The quantitative estimate of drug-likeness (QED) is 0.915. The molecule has 0 fully saturated rings. The largest absolute Gasteiger partial charge is 0.472 e. The van der Waals surface area contributed by atoms with Gasteiger partial charge in [-0.15, -0.1) is 0 Å². The van der Waals surface area contributed by atoms with Crippen LogP contribution in [-0.4, -0.2) is 40.4 Å². The van der Waals surface area contributed by atoms with Gasteiger partial charge in [0.2, 0.25) is 0 Å². The number of halogens is 1. The minimum atomic E-state index is -0.734. The number of nitrogens with zero attached hydrogens (tertiary/aromatic N) is 3. The van der Waals surface area contributed by atoms with Crippen molar-refractivity contribution < 1.29 is 9.52 Å². The Hall–Kier alpha value is -1.11. The second-order valence-electron chi connectivity index (χ2n) is 4.36. The molecule has 98 valence electrons. The summed E-state index contributed by atoms with van der Waals surface area (Å²) in [7, 11) is 4.01. The Bertz CT molecular complexity index is 493. The molecule has 0 aliphatic rings. The summed E-state index contributed by atoms with van der Waals surface area (Å²) in [6, 6.07) is 1.75. The molecule has 1 unspecified atom stereocenters. The molecular weight excluding hydrogens is 298 g/mol. The van der Waals surface area contributed by atoms with Gasteiger partial charge in [-0.2, -0.15) is 5.10 Å². The number of aliphatic hydroxyl groups excluding tert-OH is 1. The molecule has 5 nitrogen and oxygen atoms in total. The average molecular weight is 314 g/mol. The number of aliphatic hydroxyl groups is 1. The molecule has 2 aromatic heterocycles. The van der Waals surface area contributed by atoms with Crippen LogP contribution in [0.1, 0.15) is 17.4 Å². The van der Waals surface area contributed by atoms with Crippen LogP contribution < -0.4 is 0 Å². The number of hydrogen-bond acceptors (Lipinski definition) is 4. The molecule has 0 saturated carbocycles. The summed E-state index contributed by atoms with van der Waals surface area (Å²) in [5.41, 5.74) is 1.47. The molecule has 0 bridgehead atoms. The van der Waals surface area contributed by atoms with E-state index in [2.05, 4.69) is 25.9 Å². The standard InChI is InChI=1S/C12H16BrN3O2/c1-15(2)4-5-16-11(10(13)7-14-16)12(17)9-3-6-18-8-9/h3,6-8,12,17H,4-5H2,1-2H3. The zero-order chi connectivity index (χ0) is 13.1. The fourth-order valence-corrected chi connectivity index (χ4v) is 2.22. The van der Waals surface area contributed by atoms with Crippen LogP contribution in [0.5, 0.6) is 0 Å². The van der Waals surface area contributed by atoms with E-state index < -0.39 is 6.10 Å². The fourth-order valence-electron chi connectivity index (χ4n) is 1.71. The van der Waals surface area contributed by atoms with Gasteiger partial charge in [-0.05, 0) is 36.1 Å². The van der Waals surface area contributed by atoms with E-state index in [1.54, 1.807) is 24.8 Å². The molecular formula is C12H16BrN3O2.